The highest BCUT2D eigenvalue weighted by atomic mass is 31.2. The number of allylic oxidation sites excluding steroid dienone is 14. The van der Waals surface area contributed by atoms with Crippen LogP contribution in [0.25, 0.3) is 0 Å². The first kappa shape index (κ1) is 44.2. The van der Waals surface area contributed by atoms with Gasteiger partial charge in [0.05, 0.1) is 6.61 Å². The van der Waals surface area contributed by atoms with Gasteiger partial charge in [0.15, 0.2) is 6.10 Å². The van der Waals surface area contributed by atoms with Crippen LogP contribution in [-0.4, -0.2) is 41.0 Å². The molecule has 0 fully saturated rings. The van der Waals surface area contributed by atoms with Crippen molar-refractivity contribution < 1.29 is 37.9 Å². The highest BCUT2D eigenvalue weighted by Gasteiger charge is 2.22. The molecule has 47 heavy (non-hydrogen) atoms. The van der Waals surface area contributed by atoms with Gasteiger partial charge >= 0.3 is 19.8 Å². The van der Waals surface area contributed by atoms with E-state index in [1.165, 1.54) is 0 Å². The van der Waals surface area contributed by atoms with Crippen LogP contribution >= 0.6 is 7.82 Å². The first-order chi connectivity index (χ1) is 22.8. The highest BCUT2D eigenvalue weighted by Crippen LogP contribution is 2.35. The molecule has 266 valence electrons. The van der Waals surface area contributed by atoms with Gasteiger partial charge in [-0.15, -0.1) is 0 Å². The topological polar surface area (TPSA) is 119 Å². The van der Waals surface area contributed by atoms with Crippen LogP contribution < -0.4 is 0 Å². The monoisotopic (exact) mass is 676 g/mol. The standard InChI is InChI=1S/C38H61O8P/c1-3-5-7-9-11-13-15-16-17-18-19-20-21-22-23-25-27-29-31-33-38(40)46-36(35-45-47(41,42)43)34-44-37(39)32-30-28-26-24-14-12-10-8-6-4-2/h5,7-8,10-11,13,16-17,19-20,22-23,27,29,36H,3-4,6,9,12,14-15,18,21,24-26,28,30-35H2,1-2H3,(H2,41,42,43)/b7-5-,10-8-,13-11-,17-16-,20-19-,23-22-,29-27-. The smallest absolute Gasteiger partial charge is 0.462 e. The molecular formula is C38H61O8P. The number of hydrogen-bond donors (Lipinski definition) is 2. The molecule has 9 heteroatoms. The maximum atomic E-state index is 12.3. The fourth-order valence-electron chi connectivity index (χ4n) is 4.10. The molecule has 0 aliphatic heterocycles. The number of unbranched alkanes of at least 4 members (excludes halogenated alkanes) is 6. The average molecular weight is 677 g/mol. The van der Waals surface area contributed by atoms with Crippen molar-refractivity contribution in [1.29, 1.82) is 0 Å². The quantitative estimate of drug-likeness (QED) is 0.0334. The van der Waals surface area contributed by atoms with E-state index in [1.807, 2.05) is 12.2 Å². The Bertz CT molecular complexity index is 1030. The zero-order chi connectivity index (χ0) is 34.7. The van der Waals surface area contributed by atoms with Crippen LogP contribution in [0.3, 0.4) is 0 Å². The number of esters is 2. The molecule has 0 radical (unpaired) electrons. The molecule has 0 heterocycles. The second-order valence-corrected chi connectivity index (χ2v) is 12.3. The van der Waals surface area contributed by atoms with Gasteiger partial charge in [0.1, 0.15) is 6.61 Å². The summed E-state index contributed by atoms with van der Waals surface area (Å²) in [4.78, 5) is 42.5. The fraction of sp³-hybridized carbons (Fsp3) is 0.579. The average Bonchev–Trinajstić information content (AvgIpc) is 3.04. The zero-order valence-corrected chi connectivity index (χ0v) is 29.8. The Hall–Kier alpha value is -2.77. The van der Waals surface area contributed by atoms with E-state index in [9.17, 15) is 14.2 Å². The van der Waals surface area contributed by atoms with E-state index in [1.54, 1.807) is 0 Å². The Labute approximate surface area is 284 Å². The van der Waals surface area contributed by atoms with Gasteiger partial charge in [0.25, 0.3) is 0 Å². The molecule has 0 rings (SSSR count). The minimum Gasteiger partial charge on any atom is -0.462 e. The summed E-state index contributed by atoms with van der Waals surface area (Å²) in [5.74, 6) is -1.01. The van der Waals surface area contributed by atoms with Crippen LogP contribution in [0.2, 0.25) is 0 Å². The number of carbonyl (C=O) groups is 2. The maximum absolute atomic E-state index is 12.3. The molecule has 0 saturated carbocycles. The van der Waals surface area contributed by atoms with Gasteiger partial charge in [-0.3, -0.25) is 14.1 Å². The van der Waals surface area contributed by atoms with Gasteiger partial charge in [-0.25, -0.2) is 4.57 Å². The molecule has 0 aliphatic rings. The molecule has 2 N–H and O–H groups in total. The Balaban J connectivity index is 4.18. The van der Waals surface area contributed by atoms with E-state index in [-0.39, 0.29) is 19.4 Å². The number of carbonyl (C=O) groups excluding carboxylic acids is 2. The van der Waals surface area contributed by atoms with Gasteiger partial charge in [-0.2, -0.15) is 0 Å². The molecule has 0 bridgehead atoms. The third-order valence-electron chi connectivity index (χ3n) is 6.64. The Morgan fingerprint density at radius 1 is 0.574 bits per heavy atom. The third kappa shape index (κ3) is 35.9. The number of rotatable bonds is 30. The lowest BCUT2D eigenvalue weighted by molar-refractivity contribution is -0.161. The molecule has 8 nitrogen and oxygen atoms in total. The van der Waals surface area contributed by atoms with Gasteiger partial charge < -0.3 is 19.3 Å². The first-order valence-corrected chi connectivity index (χ1v) is 18.9. The maximum Gasteiger partial charge on any atom is 0.469 e. The highest BCUT2D eigenvalue weighted by molar-refractivity contribution is 7.46. The van der Waals surface area contributed by atoms with Gasteiger partial charge in [0.2, 0.25) is 0 Å². The van der Waals surface area contributed by atoms with Crippen molar-refractivity contribution in [3.8, 4) is 0 Å². The molecule has 0 aromatic carbocycles. The molecule has 0 amide bonds. The van der Waals surface area contributed by atoms with E-state index in [0.717, 1.165) is 83.5 Å². The van der Waals surface area contributed by atoms with Crippen molar-refractivity contribution in [2.75, 3.05) is 13.2 Å². The van der Waals surface area contributed by atoms with Gasteiger partial charge in [-0.05, 0) is 70.6 Å². The second-order valence-electron chi connectivity index (χ2n) is 11.1. The van der Waals surface area contributed by atoms with Gasteiger partial charge in [-0.1, -0.05) is 125 Å². The number of ether oxygens (including phenoxy) is 2. The lowest BCUT2D eigenvalue weighted by Gasteiger charge is -2.18. The minimum absolute atomic E-state index is 0.0803. The summed E-state index contributed by atoms with van der Waals surface area (Å²) >= 11 is 0. The van der Waals surface area contributed by atoms with E-state index in [2.05, 4.69) is 91.3 Å². The normalized spacial score (nSPS) is 13.5. The van der Waals surface area contributed by atoms with Crippen LogP contribution in [0.5, 0.6) is 0 Å². The Kier molecular flexibility index (Phi) is 31.2. The Morgan fingerprint density at radius 3 is 1.62 bits per heavy atom. The van der Waals surface area contributed by atoms with Crippen LogP contribution in [0.4, 0.5) is 0 Å². The van der Waals surface area contributed by atoms with E-state index in [4.69, 9.17) is 19.3 Å². The minimum atomic E-state index is -4.77. The molecular weight excluding hydrogens is 615 g/mol. The molecule has 0 aromatic rings. The predicted molar refractivity (Wildman–Crippen MR) is 193 cm³/mol. The summed E-state index contributed by atoms with van der Waals surface area (Å²) in [7, 11) is -4.77. The van der Waals surface area contributed by atoms with Crippen LogP contribution in [0, 0.1) is 0 Å². The molecule has 1 atom stereocenters. The molecule has 0 saturated heterocycles. The third-order valence-corrected chi connectivity index (χ3v) is 7.13. The summed E-state index contributed by atoms with van der Waals surface area (Å²) in [6.45, 7) is 3.40. The SMILES string of the molecule is CC/C=C\C/C=C\C/C=C\C/C=C\C/C=C\C/C=C\CCC(=O)OC(COC(=O)CCCCCCC/C=C\CCC)COP(=O)(O)O. The lowest BCUT2D eigenvalue weighted by Crippen LogP contribution is -2.29. The number of hydrogen-bond acceptors (Lipinski definition) is 6. The van der Waals surface area contributed by atoms with Crippen molar-refractivity contribution in [2.24, 2.45) is 0 Å². The molecule has 0 spiro atoms. The first-order valence-electron chi connectivity index (χ1n) is 17.4. The van der Waals surface area contributed by atoms with Crippen molar-refractivity contribution >= 4 is 19.8 Å². The van der Waals surface area contributed by atoms with Crippen LogP contribution in [0.1, 0.15) is 123 Å². The van der Waals surface area contributed by atoms with Crippen molar-refractivity contribution in [3.05, 3.63) is 85.1 Å². The second kappa shape index (κ2) is 33.1. The summed E-state index contributed by atoms with van der Waals surface area (Å²) in [6, 6.07) is 0. The molecule has 1 unspecified atom stereocenters. The summed E-state index contributed by atoms with van der Waals surface area (Å²) in [6.07, 6.45) is 43.3. The molecule has 0 aromatic heterocycles. The van der Waals surface area contributed by atoms with Crippen molar-refractivity contribution in [1.82, 2.24) is 0 Å². The summed E-state index contributed by atoms with van der Waals surface area (Å²) in [5, 5.41) is 0. The van der Waals surface area contributed by atoms with E-state index in [0.29, 0.717) is 12.8 Å². The predicted octanol–water partition coefficient (Wildman–Crippen LogP) is 10.1. The Morgan fingerprint density at radius 2 is 1.06 bits per heavy atom. The van der Waals surface area contributed by atoms with Gasteiger partial charge in [0, 0.05) is 12.8 Å². The summed E-state index contributed by atoms with van der Waals surface area (Å²) < 4.78 is 26.1. The lowest BCUT2D eigenvalue weighted by atomic mass is 10.1. The van der Waals surface area contributed by atoms with Crippen molar-refractivity contribution in [3.63, 3.8) is 0 Å². The zero-order valence-electron chi connectivity index (χ0n) is 28.9. The van der Waals surface area contributed by atoms with Crippen LogP contribution in [-0.2, 0) is 28.2 Å². The summed E-state index contributed by atoms with van der Waals surface area (Å²) in [5.41, 5.74) is 0. The molecule has 0 aliphatic carbocycles. The van der Waals surface area contributed by atoms with Crippen molar-refractivity contribution in [2.45, 2.75) is 129 Å². The number of phosphoric acid groups is 1. The number of phosphoric ester groups is 1. The van der Waals surface area contributed by atoms with E-state index < -0.39 is 32.5 Å². The largest absolute Gasteiger partial charge is 0.469 e. The van der Waals surface area contributed by atoms with E-state index >= 15 is 0 Å². The fourth-order valence-corrected chi connectivity index (χ4v) is 4.46. The van der Waals surface area contributed by atoms with Crippen LogP contribution in [0.15, 0.2) is 85.1 Å².